The molecule has 0 saturated carbocycles. The molecule has 0 saturated heterocycles. The first-order valence-corrected chi connectivity index (χ1v) is 5.90. The first-order valence-electron chi connectivity index (χ1n) is 5.90. The van der Waals surface area contributed by atoms with Crippen LogP contribution in [0.2, 0.25) is 0 Å². The van der Waals surface area contributed by atoms with E-state index in [4.69, 9.17) is 10.5 Å². The summed E-state index contributed by atoms with van der Waals surface area (Å²) in [5.74, 6) is 0.905. The second kappa shape index (κ2) is 4.75. The minimum atomic E-state index is -0.473. The Labute approximate surface area is 101 Å². The zero-order valence-electron chi connectivity index (χ0n) is 10.2. The van der Waals surface area contributed by atoms with E-state index in [0.29, 0.717) is 0 Å². The number of carbonyl (C=O) groups excluding carboxylic acids is 1. The molecule has 1 aliphatic rings. The molecule has 92 valence electrons. The molecule has 0 bridgehead atoms. The van der Waals surface area contributed by atoms with Gasteiger partial charge in [0.05, 0.1) is 12.6 Å². The highest BCUT2D eigenvalue weighted by Crippen LogP contribution is 2.27. The maximum atomic E-state index is 11.8. The van der Waals surface area contributed by atoms with E-state index < -0.39 is 6.04 Å². The second-order valence-corrected chi connectivity index (χ2v) is 4.68. The third-order valence-electron chi connectivity index (χ3n) is 2.98. The van der Waals surface area contributed by atoms with E-state index in [1.807, 2.05) is 32.0 Å². The van der Waals surface area contributed by atoms with Crippen molar-refractivity contribution in [2.45, 2.75) is 26.3 Å². The molecule has 3 N–H and O–H groups in total. The van der Waals surface area contributed by atoms with Crippen molar-refractivity contribution in [2.24, 2.45) is 11.7 Å². The molecule has 4 nitrogen and oxygen atoms in total. The number of nitrogens with two attached hydrogens (primary N) is 1. The van der Waals surface area contributed by atoms with Crippen LogP contribution in [0.4, 0.5) is 5.69 Å². The third kappa shape index (κ3) is 2.58. The first kappa shape index (κ1) is 11.9. The minimum Gasteiger partial charge on any atom is -0.493 e. The molecule has 1 amide bonds. The lowest BCUT2D eigenvalue weighted by Crippen LogP contribution is -2.39. The number of hydrogen-bond acceptors (Lipinski definition) is 3. The molecule has 0 unspecified atom stereocenters. The number of nitrogens with one attached hydrogen (secondary N) is 1. The fourth-order valence-electron chi connectivity index (χ4n) is 1.79. The monoisotopic (exact) mass is 234 g/mol. The second-order valence-electron chi connectivity index (χ2n) is 4.68. The van der Waals surface area contributed by atoms with Gasteiger partial charge in [-0.25, -0.2) is 0 Å². The Morgan fingerprint density at radius 1 is 1.47 bits per heavy atom. The summed E-state index contributed by atoms with van der Waals surface area (Å²) in [5.41, 5.74) is 7.71. The number of anilines is 1. The van der Waals surface area contributed by atoms with Gasteiger partial charge in [-0.2, -0.15) is 0 Å². The van der Waals surface area contributed by atoms with Crippen molar-refractivity contribution in [3.8, 4) is 5.75 Å². The van der Waals surface area contributed by atoms with Crippen molar-refractivity contribution in [1.29, 1.82) is 0 Å². The SMILES string of the molecule is CC(C)[C@H](N)C(=O)Nc1ccc2c(c1)CCO2. The number of ether oxygens (including phenoxy) is 1. The molecule has 1 aromatic rings. The Balaban J connectivity index is 2.07. The molecule has 4 heteroatoms. The topological polar surface area (TPSA) is 64.4 Å². The van der Waals surface area contributed by atoms with Gasteiger partial charge in [-0.15, -0.1) is 0 Å². The van der Waals surface area contributed by atoms with E-state index in [2.05, 4.69) is 5.32 Å². The molecule has 0 fully saturated rings. The van der Waals surface area contributed by atoms with E-state index >= 15 is 0 Å². The number of rotatable bonds is 3. The van der Waals surface area contributed by atoms with Crippen LogP contribution in [0.3, 0.4) is 0 Å². The summed E-state index contributed by atoms with van der Waals surface area (Å²) in [5, 5.41) is 2.83. The lowest BCUT2D eigenvalue weighted by molar-refractivity contribution is -0.118. The average Bonchev–Trinajstić information content (AvgIpc) is 2.74. The number of carbonyl (C=O) groups is 1. The van der Waals surface area contributed by atoms with E-state index in [0.717, 1.165) is 30.0 Å². The third-order valence-corrected chi connectivity index (χ3v) is 2.98. The fourth-order valence-corrected chi connectivity index (χ4v) is 1.79. The molecule has 0 radical (unpaired) electrons. The van der Waals surface area contributed by atoms with Gasteiger partial charge in [0.25, 0.3) is 0 Å². The van der Waals surface area contributed by atoms with Crippen LogP contribution in [0.15, 0.2) is 18.2 Å². The van der Waals surface area contributed by atoms with Crippen LogP contribution in [0.25, 0.3) is 0 Å². The standard InChI is InChI=1S/C13H18N2O2/c1-8(2)12(14)13(16)15-10-3-4-11-9(7-10)5-6-17-11/h3-4,7-8,12H,5-6,14H2,1-2H3,(H,15,16)/t12-/m0/s1. The summed E-state index contributed by atoms with van der Waals surface area (Å²) in [4.78, 5) is 11.8. The Morgan fingerprint density at radius 3 is 2.94 bits per heavy atom. The largest absolute Gasteiger partial charge is 0.493 e. The minimum absolute atomic E-state index is 0.132. The normalized spacial score (nSPS) is 15.3. The van der Waals surface area contributed by atoms with Crippen LogP contribution < -0.4 is 15.8 Å². The summed E-state index contributed by atoms with van der Waals surface area (Å²) in [6.45, 7) is 4.58. The maximum absolute atomic E-state index is 11.8. The van der Waals surface area contributed by atoms with Crippen molar-refractivity contribution in [1.82, 2.24) is 0 Å². The number of fused-ring (bicyclic) bond motifs is 1. The summed E-state index contributed by atoms with van der Waals surface area (Å²) >= 11 is 0. The first-order chi connectivity index (χ1) is 8.08. The van der Waals surface area contributed by atoms with E-state index in [9.17, 15) is 4.79 Å². The summed E-state index contributed by atoms with van der Waals surface area (Å²) in [6.07, 6.45) is 0.898. The van der Waals surface area contributed by atoms with Crippen molar-refractivity contribution in [2.75, 3.05) is 11.9 Å². The van der Waals surface area contributed by atoms with Gasteiger partial charge < -0.3 is 15.8 Å². The molecular weight excluding hydrogens is 216 g/mol. The van der Waals surface area contributed by atoms with Gasteiger partial charge >= 0.3 is 0 Å². The Hall–Kier alpha value is -1.55. The van der Waals surface area contributed by atoms with Crippen LogP contribution in [0.1, 0.15) is 19.4 Å². The average molecular weight is 234 g/mol. The zero-order chi connectivity index (χ0) is 12.4. The molecule has 0 aliphatic carbocycles. The highest BCUT2D eigenvalue weighted by atomic mass is 16.5. The van der Waals surface area contributed by atoms with Crippen molar-refractivity contribution < 1.29 is 9.53 Å². The van der Waals surface area contributed by atoms with Gasteiger partial charge in [0.2, 0.25) is 5.91 Å². The molecule has 1 aliphatic heterocycles. The fraction of sp³-hybridized carbons (Fsp3) is 0.462. The van der Waals surface area contributed by atoms with Gasteiger partial charge in [0.15, 0.2) is 0 Å². The molecule has 2 rings (SSSR count). The predicted molar refractivity (Wildman–Crippen MR) is 67.1 cm³/mol. The number of amides is 1. The maximum Gasteiger partial charge on any atom is 0.241 e. The van der Waals surface area contributed by atoms with Crippen LogP contribution in [0.5, 0.6) is 5.75 Å². The summed E-state index contributed by atoms with van der Waals surface area (Å²) < 4.78 is 5.41. The Kier molecular flexibility index (Phi) is 3.33. The highest BCUT2D eigenvalue weighted by Gasteiger charge is 2.18. The molecule has 0 spiro atoms. The van der Waals surface area contributed by atoms with Gasteiger partial charge in [0.1, 0.15) is 5.75 Å². The van der Waals surface area contributed by atoms with E-state index in [1.54, 1.807) is 0 Å². The van der Waals surface area contributed by atoms with Crippen molar-refractivity contribution in [3.05, 3.63) is 23.8 Å². The van der Waals surface area contributed by atoms with Crippen molar-refractivity contribution in [3.63, 3.8) is 0 Å². The Morgan fingerprint density at radius 2 is 2.24 bits per heavy atom. The molecule has 1 heterocycles. The van der Waals surface area contributed by atoms with Crippen LogP contribution in [0, 0.1) is 5.92 Å². The van der Waals surface area contributed by atoms with E-state index in [-0.39, 0.29) is 11.8 Å². The van der Waals surface area contributed by atoms with Crippen molar-refractivity contribution >= 4 is 11.6 Å². The highest BCUT2D eigenvalue weighted by molar-refractivity contribution is 5.95. The lowest BCUT2D eigenvalue weighted by atomic mass is 10.0. The Bertz CT molecular complexity index is 429. The lowest BCUT2D eigenvalue weighted by Gasteiger charge is -2.15. The van der Waals surface area contributed by atoms with Gasteiger partial charge in [0, 0.05) is 12.1 Å². The van der Waals surface area contributed by atoms with Crippen LogP contribution in [-0.4, -0.2) is 18.6 Å². The van der Waals surface area contributed by atoms with Gasteiger partial charge in [-0.05, 0) is 29.7 Å². The molecular formula is C13H18N2O2. The van der Waals surface area contributed by atoms with Crippen LogP contribution >= 0.6 is 0 Å². The molecule has 17 heavy (non-hydrogen) atoms. The zero-order valence-corrected chi connectivity index (χ0v) is 10.2. The summed E-state index contributed by atoms with van der Waals surface area (Å²) in [7, 11) is 0. The molecule has 0 aromatic heterocycles. The van der Waals surface area contributed by atoms with Crippen LogP contribution in [-0.2, 0) is 11.2 Å². The van der Waals surface area contributed by atoms with E-state index in [1.165, 1.54) is 0 Å². The van der Waals surface area contributed by atoms with Gasteiger partial charge in [-0.1, -0.05) is 13.8 Å². The molecule has 1 aromatic carbocycles. The number of hydrogen-bond donors (Lipinski definition) is 2. The summed E-state index contributed by atoms with van der Waals surface area (Å²) in [6, 6.07) is 5.21. The quantitative estimate of drug-likeness (QED) is 0.834. The number of benzene rings is 1. The smallest absolute Gasteiger partial charge is 0.241 e. The molecule has 1 atom stereocenters. The predicted octanol–water partition coefficient (Wildman–Crippen LogP) is 1.54. The van der Waals surface area contributed by atoms with Gasteiger partial charge in [-0.3, -0.25) is 4.79 Å².